The quantitative estimate of drug-likeness (QED) is 0.636. The van der Waals surface area contributed by atoms with Crippen LogP contribution in [0.25, 0.3) is 0 Å². The summed E-state index contributed by atoms with van der Waals surface area (Å²) in [4.78, 5) is 22.8. The van der Waals surface area contributed by atoms with Gasteiger partial charge in [-0.3, -0.25) is 9.59 Å². The largest absolute Gasteiger partial charge is 0.481 e. The fourth-order valence-corrected chi connectivity index (χ4v) is 3.51. The first-order chi connectivity index (χ1) is 9.00. The van der Waals surface area contributed by atoms with Gasteiger partial charge in [0.05, 0.1) is 12.2 Å². The first-order valence-corrected chi connectivity index (χ1v) is 8.39. The minimum atomic E-state index is -3.35. The highest BCUT2D eigenvalue weighted by molar-refractivity contribution is 7.88. The Hall–Kier alpha value is -1.15. The van der Waals surface area contributed by atoms with Crippen LogP contribution in [0.15, 0.2) is 0 Å². The lowest BCUT2D eigenvalue weighted by molar-refractivity contribution is -0.141. The van der Waals surface area contributed by atoms with Crippen LogP contribution in [-0.2, 0) is 19.6 Å². The van der Waals surface area contributed by atoms with E-state index in [0.717, 1.165) is 6.26 Å². The molecule has 0 heterocycles. The van der Waals surface area contributed by atoms with Crippen molar-refractivity contribution in [3.63, 3.8) is 0 Å². The van der Waals surface area contributed by atoms with Gasteiger partial charge in [-0.15, -0.1) is 0 Å². The Kier molecular flexibility index (Phi) is 5.15. The van der Waals surface area contributed by atoms with Crippen molar-refractivity contribution >= 4 is 21.9 Å². The number of nitrogens with one attached hydrogen (secondary N) is 2. The molecule has 0 radical (unpaired) electrons. The van der Waals surface area contributed by atoms with Crippen molar-refractivity contribution < 1.29 is 23.1 Å². The van der Waals surface area contributed by atoms with Gasteiger partial charge in [-0.2, -0.15) is 0 Å². The topological polar surface area (TPSA) is 113 Å². The van der Waals surface area contributed by atoms with Gasteiger partial charge in [0.25, 0.3) is 0 Å². The van der Waals surface area contributed by atoms with E-state index in [1.54, 1.807) is 13.8 Å². The molecule has 0 saturated heterocycles. The lowest BCUT2D eigenvalue weighted by Crippen LogP contribution is -2.51. The van der Waals surface area contributed by atoms with Crippen molar-refractivity contribution in [3.8, 4) is 0 Å². The molecule has 0 aliphatic heterocycles. The third-order valence-corrected chi connectivity index (χ3v) is 4.24. The lowest BCUT2D eigenvalue weighted by Gasteiger charge is -2.26. The molecule has 0 bridgehead atoms. The van der Waals surface area contributed by atoms with Gasteiger partial charge in [-0.25, -0.2) is 13.1 Å². The van der Waals surface area contributed by atoms with E-state index in [0.29, 0.717) is 19.3 Å². The van der Waals surface area contributed by atoms with E-state index in [1.807, 2.05) is 0 Å². The number of carboxylic acid groups (broad SMARTS) is 1. The van der Waals surface area contributed by atoms with E-state index in [1.165, 1.54) is 0 Å². The molecular formula is C12H22N2O5S. The minimum absolute atomic E-state index is 0.160. The average molecular weight is 306 g/mol. The monoisotopic (exact) mass is 306 g/mol. The zero-order valence-electron chi connectivity index (χ0n) is 12.0. The Morgan fingerprint density at radius 3 is 2.25 bits per heavy atom. The van der Waals surface area contributed by atoms with E-state index in [2.05, 4.69) is 10.0 Å². The van der Waals surface area contributed by atoms with Crippen LogP contribution in [0.1, 0.15) is 33.1 Å². The SMILES string of the molecule is CC(C)(CNC(=O)[C@@H]1CC[C@H](C(=O)O)C1)NS(C)(=O)=O. The maximum atomic E-state index is 11.9. The number of aliphatic carboxylic acids is 1. The van der Waals surface area contributed by atoms with Crippen LogP contribution in [-0.4, -0.2) is 43.7 Å². The molecule has 2 atom stereocenters. The Balaban J connectivity index is 2.46. The Labute approximate surface area is 119 Å². The van der Waals surface area contributed by atoms with Crippen molar-refractivity contribution in [3.05, 3.63) is 0 Å². The summed E-state index contributed by atoms with van der Waals surface area (Å²) in [7, 11) is -3.35. The van der Waals surface area contributed by atoms with E-state index in [-0.39, 0.29) is 18.4 Å². The zero-order chi connectivity index (χ0) is 15.6. The predicted molar refractivity (Wildman–Crippen MR) is 73.5 cm³/mol. The number of sulfonamides is 1. The zero-order valence-corrected chi connectivity index (χ0v) is 12.8. The Bertz CT molecular complexity index is 486. The van der Waals surface area contributed by atoms with Crippen molar-refractivity contribution in [2.24, 2.45) is 11.8 Å². The summed E-state index contributed by atoms with van der Waals surface area (Å²) in [6, 6.07) is 0. The summed E-state index contributed by atoms with van der Waals surface area (Å²) in [5.41, 5.74) is -0.784. The number of hydrogen-bond acceptors (Lipinski definition) is 4. The van der Waals surface area contributed by atoms with E-state index >= 15 is 0 Å². The number of carboxylic acids is 1. The van der Waals surface area contributed by atoms with Crippen molar-refractivity contribution in [1.82, 2.24) is 10.0 Å². The number of carbonyl (C=O) groups excluding carboxylic acids is 1. The summed E-state index contributed by atoms with van der Waals surface area (Å²) in [6.07, 6.45) is 2.48. The molecule has 0 unspecified atom stereocenters. The van der Waals surface area contributed by atoms with E-state index in [4.69, 9.17) is 5.11 Å². The van der Waals surface area contributed by atoms with Crippen LogP contribution in [0.5, 0.6) is 0 Å². The van der Waals surface area contributed by atoms with Gasteiger partial charge < -0.3 is 10.4 Å². The number of carbonyl (C=O) groups is 2. The van der Waals surface area contributed by atoms with Crippen LogP contribution in [0.2, 0.25) is 0 Å². The predicted octanol–water partition coefficient (Wildman–Crippen LogP) is -0.0687. The fourth-order valence-electron chi connectivity index (χ4n) is 2.43. The van der Waals surface area contributed by atoms with Gasteiger partial charge >= 0.3 is 5.97 Å². The molecule has 1 amide bonds. The summed E-state index contributed by atoms with van der Waals surface area (Å²) in [5.74, 6) is -1.82. The molecule has 1 aliphatic carbocycles. The van der Waals surface area contributed by atoms with Crippen LogP contribution < -0.4 is 10.0 Å². The summed E-state index contributed by atoms with van der Waals surface area (Å²) in [5, 5.41) is 11.6. The van der Waals surface area contributed by atoms with E-state index < -0.39 is 27.4 Å². The van der Waals surface area contributed by atoms with Crippen LogP contribution >= 0.6 is 0 Å². The van der Waals surface area contributed by atoms with Gasteiger partial charge in [0.15, 0.2) is 0 Å². The van der Waals surface area contributed by atoms with Gasteiger partial charge in [-0.1, -0.05) is 0 Å². The number of hydrogen-bond donors (Lipinski definition) is 3. The maximum absolute atomic E-state index is 11.9. The number of amides is 1. The second kappa shape index (κ2) is 6.09. The first-order valence-electron chi connectivity index (χ1n) is 6.50. The Morgan fingerprint density at radius 1 is 1.25 bits per heavy atom. The molecular weight excluding hydrogens is 284 g/mol. The lowest BCUT2D eigenvalue weighted by atomic mass is 10.0. The van der Waals surface area contributed by atoms with Crippen molar-refractivity contribution in [1.29, 1.82) is 0 Å². The van der Waals surface area contributed by atoms with Crippen LogP contribution in [0.4, 0.5) is 0 Å². The standard InChI is InChI=1S/C12H22N2O5S/c1-12(2,14-20(3,18)19)7-13-10(15)8-4-5-9(6-8)11(16)17/h8-9,14H,4-7H2,1-3H3,(H,13,15)(H,16,17)/t8-,9+/m1/s1. The van der Waals surface area contributed by atoms with Gasteiger partial charge in [0.2, 0.25) is 15.9 Å². The molecule has 1 aliphatic rings. The molecule has 3 N–H and O–H groups in total. The van der Waals surface area contributed by atoms with Gasteiger partial charge in [0.1, 0.15) is 0 Å². The second-order valence-corrected chi connectivity index (χ2v) is 7.77. The highest BCUT2D eigenvalue weighted by atomic mass is 32.2. The van der Waals surface area contributed by atoms with Crippen LogP contribution in [0.3, 0.4) is 0 Å². The molecule has 0 aromatic heterocycles. The third-order valence-electron chi connectivity index (χ3n) is 3.32. The third kappa shape index (κ3) is 5.46. The molecule has 1 rings (SSSR count). The first kappa shape index (κ1) is 16.9. The fraction of sp³-hybridized carbons (Fsp3) is 0.833. The number of rotatable bonds is 6. The smallest absolute Gasteiger partial charge is 0.306 e. The molecule has 1 saturated carbocycles. The summed E-state index contributed by atoms with van der Waals surface area (Å²) in [6.45, 7) is 3.50. The van der Waals surface area contributed by atoms with Crippen molar-refractivity contribution in [2.45, 2.75) is 38.6 Å². The molecule has 0 aromatic carbocycles. The Morgan fingerprint density at radius 2 is 1.80 bits per heavy atom. The van der Waals surface area contributed by atoms with E-state index in [9.17, 15) is 18.0 Å². The molecule has 8 heteroatoms. The summed E-state index contributed by atoms with van der Waals surface area (Å²) >= 11 is 0. The normalized spacial score (nSPS) is 23.6. The highest BCUT2D eigenvalue weighted by Crippen LogP contribution is 2.31. The molecule has 20 heavy (non-hydrogen) atoms. The summed E-state index contributed by atoms with van der Waals surface area (Å²) < 4.78 is 24.8. The molecule has 0 aromatic rings. The van der Waals surface area contributed by atoms with Gasteiger partial charge in [0, 0.05) is 18.0 Å². The van der Waals surface area contributed by atoms with Crippen LogP contribution in [0, 0.1) is 11.8 Å². The molecule has 7 nitrogen and oxygen atoms in total. The molecule has 0 spiro atoms. The second-order valence-electron chi connectivity index (χ2n) is 6.02. The molecule has 1 fully saturated rings. The minimum Gasteiger partial charge on any atom is -0.481 e. The van der Waals surface area contributed by atoms with Gasteiger partial charge in [-0.05, 0) is 33.1 Å². The van der Waals surface area contributed by atoms with Crippen molar-refractivity contribution in [2.75, 3.05) is 12.8 Å². The average Bonchev–Trinajstić information content (AvgIpc) is 2.71. The maximum Gasteiger partial charge on any atom is 0.306 e. The highest BCUT2D eigenvalue weighted by Gasteiger charge is 2.34. The molecule has 116 valence electrons.